The zero-order valence-electron chi connectivity index (χ0n) is 20.3. The molecule has 0 spiro atoms. The molecule has 0 aromatic heterocycles. The van der Waals surface area contributed by atoms with Crippen LogP contribution < -0.4 is 16.8 Å². The summed E-state index contributed by atoms with van der Waals surface area (Å²) in [6.45, 7) is 2.56. The van der Waals surface area contributed by atoms with Crippen LogP contribution in [0.15, 0.2) is 53.6 Å². The molecule has 33 heavy (non-hydrogen) atoms. The summed E-state index contributed by atoms with van der Waals surface area (Å²) >= 11 is 0. The molecule has 6 N–H and O–H groups in total. The van der Waals surface area contributed by atoms with Crippen LogP contribution in [0.3, 0.4) is 0 Å². The van der Waals surface area contributed by atoms with E-state index in [0.29, 0.717) is 25.8 Å². The third-order valence-electron chi connectivity index (χ3n) is 4.81. The number of aliphatic imine (C=N–C) groups is 1. The number of hydrogen-bond acceptors (Lipinski definition) is 3. The summed E-state index contributed by atoms with van der Waals surface area (Å²) in [6.07, 6.45) is 27.7. The van der Waals surface area contributed by atoms with Crippen molar-refractivity contribution in [1.29, 1.82) is 0 Å². The van der Waals surface area contributed by atoms with Crippen LogP contribution in [0.1, 0.15) is 84.0 Å². The Morgan fingerprint density at radius 1 is 0.848 bits per heavy atom. The molecular formula is C26H44N4O3. The molecule has 0 saturated carbocycles. The summed E-state index contributed by atoms with van der Waals surface area (Å²) < 4.78 is 0. The van der Waals surface area contributed by atoms with Crippen LogP contribution in [0, 0.1) is 0 Å². The first kappa shape index (κ1) is 30.2. The lowest BCUT2D eigenvalue weighted by Gasteiger charge is -2.13. The van der Waals surface area contributed by atoms with Gasteiger partial charge in [0.1, 0.15) is 6.04 Å². The Hall–Kier alpha value is -2.83. The first-order valence-electron chi connectivity index (χ1n) is 12.1. The largest absolute Gasteiger partial charge is 0.480 e. The number of carbonyl (C=O) groups is 2. The normalized spacial score (nSPS) is 12.8. The molecule has 1 atom stereocenters. The molecule has 0 aromatic carbocycles. The van der Waals surface area contributed by atoms with E-state index in [1.54, 1.807) is 0 Å². The minimum absolute atomic E-state index is 0.0252. The Kier molecular flexibility index (Phi) is 20.4. The highest BCUT2D eigenvalue weighted by atomic mass is 16.4. The second kappa shape index (κ2) is 22.4. The number of guanidine groups is 1. The van der Waals surface area contributed by atoms with Crippen molar-refractivity contribution in [2.24, 2.45) is 16.5 Å². The molecule has 0 saturated heterocycles. The van der Waals surface area contributed by atoms with Crippen LogP contribution in [0.5, 0.6) is 0 Å². The summed E-state index contributed by atoms with van der Waals surface area (Å²) in [6, 6.07) is -0.914. The number of carboxylic acid groups (broad SMARTS) is 1. The number of carbonyl (C=O) groups excluding carboxylic acids is 1. The van der Waals surface area contributed by atoms with Gasteiger partial charge in [0, 0.05) is 13.0 Å². The highest BCUT2D eigenvalue weighted by molar-refractivity contribution is 5.83. The van der Waals surface area contributed by atoms with E-state index in [-0.39, 0.29) is 18.3 Å². The number of aliphatic carboxylic acids is 1. The van der Waals surface area contributed by atoms with E-state index in [0.717, 1.165) is 25.7 Å². The number of allylic oxidation sites excluding steroid dienone is 8. The van der Waals surface area contributed by atoms with Crippen molar-refractivity contribution < 1.29 is 14.7 Å². The maximum Gasteiger partial charge on any atom is 0.326 e. The van der Waals surface area contributed by atoms with E-state index in [4.69, 9.17) is 11.5 Å². The number of nitrogens with one attached hydrogen (secondary N) is 1. The predicted octanol–water partition coefficient (Wildman–Crippen LogP) is 4.76. The van der Waals surface area contributed by atoms with Gasteiger partial charge in [0.25, 0.3) is 0 Å². The maximum absolute atomic E-state index is 12.0. The van der Waals surface area contributed by atoms with Crippen LogP contribution in [-0.4, -0.2) is 35.5 Å². The Balaban J connectivity index is 3.82. The fourth-order valence-electron chi connectivity index (χ4n) is 2.97. The van der Waals surface area contributed by atoms with Crippen molar-refractivity contribution in [2.75, 3.05) is 6.54 Å². The van der Waals surface area contributed by atoms with E-state index in [2.05, 4.69) is 65.8 Å². The van der Waals surface area contributed by atoms with Crippen LogP contribution in [0.4, 0.5) is 0 Å². The van der Waals surface area contributed by atoms with Gasteiger partial charge in [0.05, 0.1) is 0 Å². The van der Waals surface area contributed by atoms with Crippen LogP contribution in [0.25, 0.3) is 0 Å². The average Bonchev–Trinajstić information content (AvgIpc) is 2.77. The zero-order valence-corrected chi connectivity index (χ0v) is 20.3. The van der Waals surface area contributed by atoms with Crippen molar-refractivity contribution in [2.45, 2.75) is 90.0 Å². The van der Waals surface area contributed by atoms with E-state index in [9.17, 15) is 14.7 Å². The second-order valence-corrected chi connectivity index (χ2v) is 7.89. The summed E-state index contributed by atoms with van der Waals surface area (Å²) in [5.41, 5.74) is 10.5. The van der Waals surface area contributed by atoms with Gasteiger partial charge < -0.3 is 21.9 Å². The van der Waals surface area contributed by atoms with Gasteiger partial charge in [-0.3, -0.25) is 9.79 Å². The molecule has 0 aromatic rings. The van der Waals surface area contributed by atoms with Gasteiger partial charge in [-0.05, 0) is 57.8 Å². The first-order valence-corrected chi connectivity index (χ1v) is 12.1. The molecule has 0 heterocycles. The number of unbranched alkanes of at least 4 members (excludes halogenated alkanes) is 4. The van der Waals surface area contributed by atoms with Gasteiger partial charge in [-0.25, -0.2) is 4.79 Å². The quantitative estimate of drug-likeness (QED) is 0.0900. The molecule has 0 fully saturated rings. The van der Waals surface area contributed by atoms with Gasteiger partial charge in [0.2, 0.25) is 5.91 Å². The molecule has 0 aliphatic heterocycles. The lowest BCUT2D eigenvalue weighted by Crippen LogP contribution is -2.40. The average molecular weight is 461 g/mol. The molecule has 7 heteroatoms. The van der Waals surface area contributed by atoms with Crippen molar-refractivity contribution in [3.8, 4) is 0 Å². The zero-order chi connectivity index (χ0) is 24.6. The molecular weight excluding hydrogens is 416 g/mol. The van der Waals surface area contributed by atoms with Crippen molar-refractivity contribution in [3.05, 3.63) is 48.6 Å². The van der Waals surface area contributed by atoms with Gasteiger partial charge in [-0.2, -0.15) is 0 Å². The molecule has 0 bridgehead atoms. The summed E-state index contributed by atoms with van der Waals surface area (Å²) in [4.78, 5) is 27.1. The van der Waals surface area contributed by atoms with Crippen molar-refractivity contribution >= 4 is 17.8 Å². The SMILES string of the molecule is CCCCC/C=C\C/C=C\C/C=C\C/C=C\CCCC(=O)N[C@@H](CCCN=C(N)N)C(=O)O. The van der Waals surface area contributed by atoms with Crippen LogP contribution >= 0.6 is 0 Å². The fourth-order valence-corrected chi connectivity index (χ4v) is 2.97. The predicted molar refractivity (Wildman–Crippen MR) is 138 cm³/mol. The van der Waals surface area contributed by atoms with Gasteiger partial charge in [-0.1, -0.05) is 68.4 Å². The first-order chi connectivity index (χ1) is 16.0. The van der Waals surface area contributed by atoms with Crippen LogP contribution in [0.2, 0.25) is 0 Å². The van der Waals surface area contributed by atoms with E-state index in [1.165, 1.54) is 25.7 Å². The summed E-state index contributed by atoms with van der Waals surface area (Å²) in [7, 11) is 0. The monoisotopic (exact) mass is 460 g/mol. The topological polar surface area (TPSA) is 131 Å². The molecule has 0 aliphatic rings. The highest BCUT2D eigenvalue weighted by Gasteiger charge is 2.18. The molecule has 1 amide bonds. The Morgan fingerprint density at radius 3 is 1.91 bits per heavy atom. The Labute approximate surface area is 199 Å². The van der Waals surface area contributed by atoms with E-state index in [1.807, 2.05) is 0 Å². The lowest BCUT2D eigenvalue weighted by molar-refractivity contribution is -0.142. The van der Waals surface area contributed by atoms with Crippen LogP contribution in [-0.2, 0) is 9.59 Å². The lowest BCUT2D eigenvalue weighted by atomic mass is 10.1. The number of rotatable bonds is 20. The molecule has 186 valence electrons. The fraction of sp³-hybridized carbons (Fsp3) is 0.577. The highest BCUT2D eigenvalue weighted by Crippen LogP contribution is 2.03. The number of hydrogen-bond donors (Lipinski definition) is 4. The van der Waals surface area contributed by atoms with E-state index < -0.39 is 12.0 Å². The Morgan fingerprint density at radius 2 is 1.39 bits per heavy atom. The number of amides is 1. The summed E-state index contributed by atoms with van der Waals surface area (Å²) in [5, 5.41) is 11.8. The van der Waals surface area contributed by atoms with Crippen molar-refractivity contribution in [1.82, 2.24) is 5.32 Å². The smallest absolute Gasteiger partial charge is 0.326 e. The minimum Gasteiger partial charge on any atom is -0.480 e. The molecule has 0 radical (unpaired) electrons. The van der Waals surface area contributed by atoms with E-state index >= 15 is 0 Å². The maximum atomic E-state index is 12.0. The standard InChI is InChI=1S/C26H44N4O3/c1-2-3-4-5-6-7-8-9-10-11-12-13-14-15-16-17-18-21-24(31)30-23(25(32)33)20-19-22-29-26(27)28/h6-7,9-10,12-13,15-16,23H,2-5,8,11,14,17-22H2,1H3,(H,30,31)(H,32,33)(H4,27,28,29)/b7-6-,10-9-,13-12-,16-15-/t23-/m0/s1. The summed E-state index contributed by atoms with van der Waals surface area (Å²) in [5.74, 6) is -1.32. The third-order valence-corrected chi connectivity index (χ3v) is 4.81. The third kappa shape index (κ3) is 22.2. The second-order valence-electron chi connectivity index (χ2n) is 7.89. The molecule has 0 rings (SSSR count). The van der Waals surface area contributed by atoms with Gasteiger partial charge >= 0.3 is 5.97 Å². The molecule has 7 nitrogen and oxygen atoms in total. The van der Waals surface area contributed by atoms with Gasteiger partial charge in [-0.15, -0.1) is 0 Å². The minimum atomic E-state index is -1.05. The molecule has 0 unspecified atom stereocenters. The molecule has 0 aliphatic carbocycles. The Bertz CT molecular complexity index is 662. The number of nitrogens with zero attached hydrogens (tertiary/aromatic N) is 1. The number of carboxylic acids is 1. The van der Waals surface area contributed by atoms with Gasteiger partial charge in [0.15, 0.2) is 5.96 Å². The van der Waals surface area contributed by atoms with Crippen molar-refractivity contribution in [3.63, 3.8) is 0 Å². The number of nitrogens with two attached hydrogens (primary N) is 2.